The van der Waals surface area contributed by atoms with Crippen LogP contribution in [-0.4, -0.2) is 52.6 Å². The van der Waals surface area contributed by atoms with Gasteiger partial charge in [-0.3, -0.25) is 4.79 Å². The summed E-state index contributed by atoms with van der Waals surface area (Å²) in [7, 11) is -4.79. The van der Waals surface area contributed by atoms with Crippen LogP contribution in [0.3, 0.4) is 0 Å². The molecular weight excluding hydrogens is 833 g/mol. The second-order valence-electron chi connectivity index (χ2n) is 19.6. The molecule has 0 saturated heterocycles. The average Bonchev–Trinajstić information content (AvgIpc) is 3.30. The number of aliphatic carboxylic acids is 1. The van der Waals surface area contributed by atoms with E-state index in [-0.39, 0.29) is 10.1 Å². The molecule has 0 saturated carbocycles. The Balaban J connectivity index is 0.000000345. The van der Waals surface area contributed by atoms with Crippen LogP contribution in [-0.2, 0) is 13.6 Å². The molecule has 0 fully saturated rings. The van der Waals surface area contributed by atoms with Gasteiger partial charge in [0, 0.05) is 26.2 Å². The standard InChI is InChI=1S/C29H42O3Si.C29H44O2Si/c1-29(2,3)33(26-20-14-12-15-21-26,27-22-16-13-17-23-27)32-25-19-11-9-7-5-4-6-8-10-18-24-28(30)31;1-29(2,3)32(27-21-15-13-16-22-27,28-23-17-14-18-24-28)31-26-20-12-10-8-6-4-5-7-9-11-19-25-30/h5,7,12-17,20-23H,4,6,8-11,18-19,24-25H2,1-3H3,(H,30,31);6,8,13-18,21-24,30H,4-5,7,9-12,19-20,25-26H2,1-3H3/b7-5-;8-6-. The Bertz CT molecular complexity index is 1770. The van der Waals surface area contributed by atoms with Crippen molar-refractivity contribution in [1.29, 1.82) is 0 Å². The van der Waals surface area contributed by atoms with Crippen LogP contribution < -0.4 is 20.7 Å². The number of benzene rings is 4. The van der Waals surface area contributed by atoms with Crippen molar-refractivity contribution in [2.45, 2.75) is 167 Å². The van der Waals surface area contributed by atoms with Gasteiger partial charge in [-0.2, -0.15) is 0 Å². The first kappa shape index (κ1) is 55.5. The fourth-order valence-electron chi connectivity index (χ4n) is 8.97. The maximum Gasteiger partial charge on any atom is 0.303 e. The molecule has 0 radical (unpaired) electrons. The Hall–Kier alpha value is -3.86. The normalized spacial score (nSPS) is 12.4. The number of rotatable bonds is 30. The molecule has 4 rings (SSSR count). The molecular formula is C58H86O5Si2. The predicted octanol–water partition coefficient (Wildman–Crippen LogP) is 13.3. The molecule has 0 aliphatic rings. The average molecular weight is 919 g/mol. The minimum atomic E-state index is -2.41. The quantitative estimate of drug-likeness (QED) is 0.0310. The second-order valence-corrected chi connectivity index (χ2v) is 28.2. The van der Waals surface area contributed by atoms with Gasteiger partial charge in [0.25, 0.3) is 16.6 Å². The summed E-state index contributed by atoms with van der Waals surface area (Å²) in [5.74, 6) is -0.686. The van der Waals surface area contributed by atoms with E-state index < -0.39 is 22.6 Å². The van der Waals surface area contributed by atoms with E-state index in [1.807, 2.05) is 0 Å². The van der Waals surface area contributed by atoms with Crippen molar-refractivity contribution in [2.24, 2.45) is 0 Å². The largest absolute Gasteiger partial charge is 0.481 e. The Labute approximate surface area is 398 Å². The molecule has 0 atom stereocenters. The Morgan fingerprint density at radius 3 is 1.00 bits per heavy atom. The topological polar surface area (TPSA) is 76.0 Å². The lowest BCUT2D eigenvalue weighted by Crippen LogP contribution is -2.66. The van der Waals surface area contributed by atoms with Gasteiger partial charge >= 0.3 is 5.97 Å². The smallest absolute Gasteiger partial charge is 0.303 e. The van der Waals surface area contributed by atoms with Gasteiger partial charge in [-0.15, -0.1) is 0 Å². The highest BCUT2D eigenvalue weighted by atomic mass is 28.4. The van der Waals surface area contributed by atoms with Crippen LogP contribution in [0.5, 0.6) is 0 Å². The Morgan fingerprint density at radius 2 is 0.708 bits per heavy atom. The third-order valence-corrected chi connectivity index (χ3v) is 22.5. The highest BCUT2D eigenvalue weighted by molar-refractivity contribution is 7.00. The predicted molar refractivity (Wildman–Crippen MR) is 283 cm³/mol. The third-order valence-electron chi connectivity index (χ3n) is 12.4. The molecule has 0 aliphatic carbocycles. The summed E-state index contributed by atoms with van der Waals surface area (Å²) >= 11 is 0. The van der Waals surface area contributed by atoms with Crippen molar-refractivity contribution in [2.75, 3.05) is 19.8 Å². The van der Waals surface area contributed by atoms with E-state index in [2.05, 4.69) is 187 Å². The molecule has 5 nitrogen and oxygen atoms in total. The zero-order chi connectivity index (χ0) is 47.1. The zero-order valence-electron chi connectivity index (χ0n) is 41.3. The van der Waals surface area contributed by atoms with E-state index in [0.29, 0.717) is 13.0 Å². The van der Waals surface area contributed by atoms with Gasteiger partial charge in [-0.05, 0) is 108 Å². The van der Waals surface area contributed by atoms with E-state index in [1.165, 1.54) is 52.9 Å². The zero-order valence-corrected chi connectivity index (χ0v) is 43.3. The van der Waals surface area contributed by atoms with E-state index in [1.54, 1.807) is 0 Å². The fraction of sp³-hybridized carbons (Fsp3) is 0.500. The first-order valence-electron chi connectivity index (χ1n) is 25.0. The van der Waals surface area contributed by atoms with Crippen molar-refractivity contribution in [1.82, 2.24) is 0 Å². The van der Waals surface area contributed by atoms with E-state index in [9.17, 15) is 4.79 Å². The summed E-state index contributed by atoms with van der Waals surface area (Å²) in [4.78, 5) is 10.5. The minimum absolute atomic E-state index is 0.0279. The lowest BCUT2D eigenvalue weighted by atomic mass is 10.1. The van der Waals surface area contributed by atoms with Gasteiger partial charge in [-0.1, -0.05) is 219 Å². The molecule has 2 N–H and O–H groups in total. The second kappa shape index (κ2) is 31.2. The van der Waals surface area contributed by atoms with Crippen molar-refractivity contribution in [3.05, 3.63) is 146 Å². The SMILES string of the molecule is CC(C)(C)[Si](OCCCC/C=C\CCCCCCC(=O)O)(c1ccccc1)c1ccccc1.CC(C)(C)[Si](OCCCC/C=C\CCCCCCCO)(c1ccccc1)c1ccccc1. The van der Waals surface area contributed by atoms with Crippen LogP contribution in [0.15, 0.2) is 146 Å². The van der Waals surface area contributed by atoms with Crippen LogP contribution >= 0.6 is 0 Å². The van der Waals surface area contributed by atoms with Crippen LogP contribution in [0, 0.1) is 0 Å². The Morgan fingerprint density at radius 1 is 0.431 bits per heavy atom. The van der Waals surface area contributed by atoms with Crippen molar-refractivity contribution in [3.63, 3.8) is 0 Å². The summed E-state index contributed by atoms with van der Waals surface area (Å²) in [6, 6.07) is 43.5. The highest BCUT2D eigenvalue weighted by Gasteiger charge is 2.51. The summed E-state index contributed by atoms with van der Waals surface area (Å²) in [5, 5.41) is 22.9. The molecule has 4 aromatic carbocycles. The number of carboxylic acids is 1. The first-order chi connectivity index (χ1) is 31.4. The molecule has 65 heavy (non-hydrogen) atoms. The van der Waals surface area contributed by atoms with Crippen molar-refractivity contribution < 1.29 is 23.9 Å². The van der Waals surface area contributed by atoms with Gasteiger partial charge in [-0.25, -0.2) is 0 Å². The van der Waals surface area contributed by atoms with Gasteiger partial charge in [0.05, 0.1) is 0 Å². The molecule has 0 spiro atoms. The molecule has 0 aromatic heterocycles. The van der Waals surface area contributed by atoms with Crippen LogP contribution in [0.2, 0.25) is 10.1 Å². The van der Waals surface area contributed by atoms with Gasteiger partial charge in [0.1, 0.15) is 0 Å². The fourth-order valence-corrected chi connectivity index (χ4v) is 18.2. The monoisotopic (exact) mass is 919 g/mol. The van der Waals surface area contributed by atoms with Crippen molar-refractivity contribution >= 4 is 43.4 Å². The number of allylic oxidation sites excluding steroid dienone is 4. The summed E-state index contributed by atoms with van der Waals surface area (Å²) in [6.45, 7) is 15.9. The first-order valence-corrected chi connectivity index (χ1v) is 28.8. The van der Waals surface area contributed by atoms with Gasteiger partial charge in [0.2, 0.25) is 0 Å². The molecule has 356 valence electrons. The number of carboxylic acid groups (broad SMARTS) is 1. The van der Waals surface area contributed by atoms with Gasteiger partial charge in [0.15, 0.2) is 0 Å². The third kappa shape index (κ3) is 19.1. The minimum Gasteiger partial charge on any atom is -0.481 e. The molecule has 0 aliphatic heterocycles. The maximum atomic E-state index is 10.5. The lowest BCUT2D eigenvalue weighted by molar-refractivity contribution is -0.137. The number of aliphatic hydroxyl groups is 1. The lowest BCUT2D eigenvalue weighted by Gasteiger charge is -2.43. The Kier molecular flexibility index (Phi) is 26.6. The summed E-state index contributed by atoms with van der Waals surface area (Å²) in [6.07, 6.45) is 28.5. The molecule has 0 amide bonds. The van der Waals surface area contributed by atoms with E-state index >= 15 is 0 Å². The molecule has 0 heterocycles. The number of hydrogen-bond acceptors (Lipinski definition) is 4. The molecule has 0 bridgehead atoms. The number of unbranched alkanes of at least 4 members (excludes halogenated alkanes) is 13. The molecule has 7 heteroatoms. The highest BCUT2D eigenvalue weighted by Crippen LogP contribution is 2.38. The van der Waals surface area contributed by atoms with Crippen LogP contribution in [0.4, 0.5) is 0 Å². The molecule has 4 aromatic rings. The maximum absolute atomic E-state index is 10.5. The van der Waals surface area contributed by atoms with Crippen LogP contribution in [0.25, 0.3) is 0 Å². The van der Waals surface area contributed by atoms with Crippen molar-refractivity contribution in [3.8, 4) is 0 Å². The number of carbonyl (C=O) groups is 1. The van der Waals surface area contributed by atoms with E-state index in [4.69, 9.17) is 19.1 Å². The van der Waals surface area contributed by atoms with Crippen LogP contribution in [0.1, 0.15) is 157 Å². The molecule has 0 unspecified atom stereocenters. The summed E-state index contributed by atoms with van der Waals surface area (Å²) in [5.41, 5.74) is 0. The number of aliphatic hydroxyl groups excluding tert-OH is 1. The number of hydrogen-bond donors (Lipinski definition) is 2. The van der Waals surface area contributed by atoms with E-state index in [0.717, 1.165) is 90.3 Å². The van der Waals surface area contributed by atoms with Gasteiger partial charge < -0.3 is 19.1 Å². The summed E-state index contributed by atoms with van der Waals surface area (Å²) < 4.78 is 13.9.